The average molecular weight is 184 g/mol. The zero-order valence-corrected chi connectivity index (χ0v) is 9.34. The second-order valence-electron chi connectivity index (χ2n) is 4.38. The fraction of sp³-hybridized carbons (Fsp3) is 1.00. The van der Waals surface area contributed by atoms with Crippen LogP contribution in [0.3, 0.4) is 0 Å². The van der Waals surface area contributed by atoms with Gasteiger partial charge in [-0.3, -0.25) is 0 Å². The van der Waals surface area contributed by atoms with E-state index in [4.69, 9.17) is 0 Å². The summed E-state index contributed by atoms with van der Waals surface area (Å²) in [5.41, 5.74) is 0. The Balaban J connectivity index is 2.36. The van der Waals surface area contributed by atoms with Crippen molar-refractivity contribution in [2.45, 2.75) is 38.6 Å². The molecule has 0 saturated heterocycles. The molecule has 0 aliphatic heterocycles. The molecular weight excluding hydrogens is 160 g/mol. The van der Waals surface area contributed by atoms with E-state index >= 15 is 0 Å². The standard InChI is InChI=1S/C11H24N2/c1-4-12-9-11(13(2)3)10-7-5-6-8-10/h10-12H,4-9H2,1-3H3. The average Bonchev–Trinajstić information content (AvgIpc) is 2.57. The van der Waals surface area contributed by atoms with E-state index in [0.29, 0.717) is 0 Å². The lowest BCUT2D eigenvalue weighted by molar-refractivity contribution is 0.206. The van der Waals surface area contributed by atoms with Crippen molar-refractivity contribution in [1.82, 2.24) is 10.2 Å². The SMILES string of the molecule is CCNCC(C1CCCC1)N(C)C. The number of likely N-dealkylation sites (N-methyl/N-ethyl adjacent to an activating group) is 2. The molecule has 1 rings (SSSR count). The Hall–Kier alpha value is -0.0800. The Labute approximate surface area is 82.7 Å². The van der Waals surface area contributed by atoms with Crippen molar-refractivity contribution in [2.24, 2.45) is 5.92 Å². The van der Waals surface area contributed by atoms with Gasteiger partial charge in [0.05, 0.1) is 0 Å². The largest absolute Gasteiger partial charge is 0.315 e. The molecule has 1 atom stereocenters. The predicted molar refractivity (Wildman–Crippen MR) is 58.0 cm³/mol. The van der Waals surface area contributed by atoms with Gasteiger partial charge >= 0.3 is 0 Å². The predicted octanol–water partition coefficient (Wildman–Crippen LogP) is 1.72. The van der Waals surface area contributed by atoms with Crippen LogP contribution in [0.1, 0.15) is 32.6 Å². The van der Waals surface area contributed by atoms with Crippen LogP contribution in [-0.2, 0) is 0 Å². The number of hydrogen-bond acceptors (Lipinski definition) is 2. The third-order valence-electron chi connectivity index (χ3n) is 3.21. The maximum atomic E-state index is 3.46. The molecule has 13 heavy (non-hydrogen) atoms. The fourth-order valence-electron chi connectivity index (χ4n) is 2.41. The number of rotatable bonds is 5. The van der Waals surface area contributed by atoms with Gasteiger partial charge in [-0.25, -0.2) is 0 Å². The molecule has 0 heterocycles. The van der Waals surface area contributed by atoms with Crippen molar-refractivity contribution in [3.8, 4) is 0 Å². The van der Waals surface area contributed by atoms with E-state index in [0.717, 1.165) is 25.0 Å². The van der Waals surface area contributed by atoms with E-state index in [1.165, 1.54) is 25.7 Å². The van der Waals surface area contributed by atoms with Gasteiger partial charge in [0.2, 0.25) is 0 Å². The molecule has 0 aromatic heterocycles. The third-order valence-corrected chi connectivity index (χ3v) is 3.21. The summed E-state index contributed by atoms with van der Waals surface area (Å²) in [5, 5.41) is 3.46. The highest BCUT2D eigenvalue weighted by molar-refractivity contribution is 4.81. The zero-order valence-electron chi connectivity index (χ0n) is 9.34. The van der Waals surface area contributed by atoms with Gasteiger partial charge in [-0.15, -0.1) is 0 Å². The van der Waals surface area contributed by atoms with Gasteiger partial charge in [0, 0.05) is 12.6 Å². The second-order valence-corrected chi connectivity index (χ2v) is 4.38. The molecule has 0 amide bonds. The zero-order chi connectivity index (χ0) is 9.68. The molecule has 1 aliphatic carbocycles. The third kappa shape index (κ3) is 3.28. The van der Waals surface area contributed by atoms with Crippen molar-refractivity contribution in [3.05, 3.63) is 0 Å². The highest BCUT2D eigenvalue weighted by Crippen LogP contribution is 2.29. The van der Waals surface area contributed by atoms with Gasteiger partial charge in [-0.05, 0) is 39.4 Å². The van der Waals surface area contributed by atoms with Crippen LogP contribution in [0, 0.1) is 5.92 Å². The van der Waals surface area contributed by atoms with E-state index in [1.807, 2.05) is 0 Å². The van der Waals surface area contributed by atoms with Crippen LogP contribution in [0.4, 0.5) is 0 Å². The van der Waals surface area contributed by atoms with Gasteiger partial charge < -0.3 is 10.2 Å². The highest BCUT2D eigenvalue weighted by Gasteiger charge is 2.25. The number of nitrogens with zero attached hydrogens (tertiary/aromatic N) is 1. The summed E-state index contributed by atoms with van der Waals surface area (Å²) in [6.45, 7) is 4.44. The van der Waals surface area contributed by atoms with Gasteiger partial charge in [-0.2, -0.15) is 0 Å². The Morgan fingerprint density at radius 3 is 2.38 bits per heavy atom. The highest BCUT2D eigenvalue weighted by atomic mass is 15.1. The Kier molecular flexibility index (Phi) is 4.74. The maximum absolute atomic E-state index is 3.46. The van der Waals surface area contributed by atoms with E-state index in [2.05, 4.69) is 31.2 Å². The molecule has 78 valence electrons. The van der Waals surface area contributed by atoms with Crippen LogP contribution in [0.15, 0.2) is 0 Å². The minimum atomic E-state index is 0.752. The molecule has 1 fully saturated rings. The van der Waals surface area contributed by atoms with Crippen LogP contribution >= 0.6 is 0 Å². The van der Waals surface area contributed by atoms with E-state index in [9.17, 15) is 0 Å². The van der Waals surface area contributed by atoms with E-state index < -0.39 is 0 Å². The summed E-state index contributed by atoms with van der Waals surface area (Å²) in [6.07, 6.45) is 5.77. The number of nitrogens with one attached hydrogen (secondary N) is 1. The first-order chi connectivity index (χ1) is 6.25. The van der Waals surface area contributed by atoms with Crippen LogP contribution < -0.4 is 5.32 Å². The first kappa shape index (κ1) is 11.0. The Bertz CT molecular complexity index is 128. The molecule has 2 nitrogen and oxygen atoms in total. The van der Waals surface area contributed by atoms with Gasteiger partial charge in [0.25, 0.3) is 0 Å². The van der Waals surface area contributed by atoms with Crippen molar-refractivity contribution in [2.75, 3.05) is 27.2 Å². The van der Waals surface area contributed by atoms with E-state index in [-0.39, 0.29) is 0 Å². The quantitative estimate of drug-likeness (QED) is 0.700. The molecule has 0 aromatic carbocycles. The molecule has 0 spiro atoms. The monoisotopic (exact) mass is 184 g/mol. The molecular formula is C11H24N2. The van der Waals surface area contributed by atoms with Crippen molar-refractivity contribution in [3.63, 3.8) is 0 Å². The molecule has 1 unspecified atom stereocenters. The van der Waals surface area contributed by atoms with Crippen molar-refractivity contribution >= 4 is 0 Å². The summed E-state index contributed by atoms with van der Waals surface area (Å²) in [7, 11) is 4.42. The van der Waals surface area contributed by atoms with Gasteiger partial charge in [-0.1, -0.05) is 19.8 Å². The molecule has 2 heteroatoms. The minimum absolute atomic E-state index is 0.752. The topological polar surface area (TPSA) is 15.3 Å². The van der Waals surface area contributed by atoms with Crippen LogP contribution in [0.5, 0.6) is 0 Å². The van der Waals surface area contributed by atoms with Crippen molar-refractivity contribution in [1.29, 1.82) is 0 Å². The summed E-state index contributed by atoms with van der Waals surface area (Å²) < 4.78 is 0. The van der Waals surface area contributed by atoms with Gasteiger partial charge in [0.1, 0.15) is 0 Å². The lowest BCUT2D eigenvalue weighted by Gasteiger charge is -2.30. The molecule has 0 bridgehead atoms. The Morgan fingerprint density at radius 1 is 1.31 bits per heavy atom. The Morgan fingerprint density at radius 2 is 1.92 bits per heavy atom. The maximum Gasteiger partial charge on any atom is 0.0242 e. The van der Waals surface area contributed by atoms with E-state index in [1.54, 1.807) is 0 Å². The molecule has 0 radical (unpaired) electrons. The van der Waals surface area contributed by atoms with Crippen LogP contribution in [-0.4, -0.2) is 38.1 Å². The normalized spacial score (nSPS) is 21.2. The smallest absolute Gasteiger partial charge is 0.0242 e. The number of hydrogen-bond donors (Lipinski definition) is 1. The minimum Gasteiger partial charge on any atom is -0.315 e. The summed E-state index contributed by atoms with van der Waals surface area (Å²) in [5.74, 6) is 0.939. The lowest BCUT2D eigenvalue weighted by atomic mass is 9.97. The second kappa shape index (κ2) is 5.61. The lowest BCUT2D eigenvalue weighted by Crippen LogP contribution is -2.42. The summed E-state index contributed by atoms with van der Waals surface area (Å²) in [6, 6.07) is 0.752. The molecule has 1 saturated carbocycles. The first-order valence-electron chi connectivity index (χ1n) is 5.62. The van der Waals surface area contributed by atoms with Crippen molar-refractivity contribution < 1.29 is 0 Å². The fourth-order valence-corrected chi connectivity index (χ4v) is 2.41. The van der Waals surface area contributed by atoms with Gasteiger partial charge in [0.15, 0.2) is 0 Å². The molecule has 1 N–H and O–H groups in total. The molecule has 1 aliphatic rings. The van der Waals surface area contributed by atoms with Crippen LogP contribution in [0.2, 0.25) is 0 Å². The molecule has 0 aromatic rings. The summed E-state index contributed by atoms with van der Waals surface area (Å²) in [4.78, 5) is 2.39. The summed E-state index contributed by atoms with van der Waals surface area (Å²) >= 11 is 0. The van der Waals surface area contributed by atoms with Crippen LogP contribution in [0.25, 0.3) is 0 Å². The first-order valence-corrected chi connectivity index (χ1v) is 5.62.